The van der Waals surface area contributed by atoms with Crippen molar-refractivity contribution in [2.75, 3.05) is 5.73 Å². The summed E-state index contributed by atoms with van der Waals surface area (Å²) < 4.78 is 6.21. The molecule has 0 radical (unpaired) electrons. The van der Waals surface area contributed by atoms with Crippen molar-refractivity contribution in [3.8, 4) is 17.7 Å². The van der Waals surface area contributed by atoms with E-state index in [0.29, 0.717) is 11.4 Å². The Morgan fingerprint density at radius 2 is 2.12 bits per heavy atom. The van der Waals surface area contributed by atoms with Crippen LogP contribution in [-0.4, -0.2) is 9.97 Å². The van der Waals surface area contributed by atoms with Crippen LogP contribution in [0.5, 0.6) is 11.6 Å². The van der Waals surface area contributed by atoms with Gasteiger partial charge in [0.15, 0.2) is 11.4 Å². The van der Waals surface area contributed by atoms with Gasteiger partial charge in [-0.05, 0) is 28.1 Å². The molecule has 2 N–H and O–H groups in total. The zero-order chi connectivity index (χ0) is 12.3. The number of aromatic nitrogens is 2. The molecule has 1 aromatic carbocycles. The molecule has 0 unspecified atom stereocenters. The lowest BCUT2D eigenvalue weighted by molar-refractivity contribution is 0.459. The van der Waals surface area contributed by atoms with Crippen LogP contribution in [-0.2, 0) is 0 Å². The lowest BCUT2D eigenvalue weighted by Gasteiger charge is -2.08. The van der Waals surface area contributed by atoms with Crippen LogP contribution < -0.4 is 10.5 Å². The Morgan fingerprint density at radius 3 is 2.71 bits per heavy atom. The maximum absolute atomic E-state index is 8.59. The smallest absolute Gasteiger partial charge is 0.238 e. The average Bonchev–Trinajstić information content (AvgIpc) is 2.35. The number of anilines is 1. The van der Waals surface area contributed by atoms with Crippen LogP contribution >= 0.6 is 15.9 Å². The van der Waals surface area contributed by atoms with Crippen molar-refractivity contribution in [2.45, 2.75) is 0 Å². The van der Waals surface area contributed by atoms with Crippen LogP contribution in [0, 0.1) is 11.3 Å². The molecular formula is C11H7BrN4O. The highest BCUT2D eigenvalue weighted by molar-refractivity contribution is 9.10. The van der Waals surface area contributed by atoms with E-state index in [9.17, 15) is 0 Å². The predicted octanol–water partition coefficient (Wildman–Crippen LogP) is 2.49. The zero-order valence-electron chi connectivity index (χ0n) is 8.59. The molecule has 17 heavy (non-hydrogen) atoms. The van der Waals surface area contributed by atoms with Crippen molar-refractivity contribution >= 4 is 21.6 Å². The molecule has 0 spiro atoms. The highest BCUT2D eigenvalue weighted by Gasteiger charge is 2.07. The van der Waals surface area contributed by atoms with E-state index in [4.69, 9.17) is 15.7 Å². The number of hydrogen-bond acceptors (Lipinski definition) is 5. The summed E-state index contributed by atoms with van der Waals surface area (Å²) in [5.41, 5.74) is 6.49. The molecule has 0 saturated heterocycles. The summed E-state index contributed by atoms with van der Waals surface area (Å²) in [6.07, 6.45) is 2.71. The molecule has 0 aliphatic carbocycles. The fourth-order valence-corrected chi connectivity index (χ4v) is 1.63. The molecule has 84 valence electrons. The van der Waals surface area contributed by atoms with E-state index >= 15 is 0 Å². The number of rotatable bonds is 2. The number of nitrogen functional groups attached to an aromatic ring is 1. The molecule has 0 fully saturated rings. The fourth-order valence-electron chi connectivity index (χ4n) is 1.16. The highest BCUT2D eigenvalue weighted by Crippen LogP contribution is 2.33. The third-order valence-corrected chi connectivity index (χ3v) is 2.57. The average molecular weight is 291 g/mol. The van der Waals surface area contributed by atoms with Gasteiger partial charge in [-0.25, -0.2) is 9.97 Å². The van der Waals surface area contributed by atoms with Gasteiger partial charge < -0.3 is 10.5 Å². The van der Waals surface area contributed by atoms with E-state index in [2.05, 4.69) is 25.9 Å². The SMILES string of the molecule is N#Cc1cnc(Oc2c(N)cccc2Br)cn1. The fraction of sp³-hybridized carbons (Fsp3) is 0. The maximum Gasteiger partial charge on any atom is 0.238 e. The number of nitriles is 1. The lowest BCUT2D eigenvalue weighted by Crippen LogP contribution is -1.95. The third kappa shape index (κ3) is 2.52. The standard InChI is InChI=1S/C11H7BrN4O/c12-8-2-1-3-9(14)11(8)17-10-6-15-7(4-13)5-16-10/h1-3,5-6H,14H2. The van der Waals surface area contributed by atoms with Gasteiger partial charge in [0.1, 0.15) is 6.07 Å². The van der Waals surface area contributed by atoms with Crippen LogP contribution in [0.3, 0.4) is 0 Å². The Labute approximate surface area is 106 Å². The molecule has 0 atom stereocenters. The van der Waals surface area contributed by atoms with Crippen molar-refractivity contribution in [1.82, 2.24) is 9.97 Å². The van der Waals surface area contributed by atoms with Gasteiger partial charge in [-0.1, -0.05) is 6.07 Å². The van der Waals surface area contributed by atoms with Gasteiger partial charge >= 0.3 is 0 Å². The summed E-state index contributed by atoms with van der Waals surface area (Å²) in [4.78, 5) is 7.79. The van der Waals surface area contributed by atoms with E-state index < -0.39 is 0 Å². The van der Waals surface area contributed by atoms with Crippen molar-refractivity contribution in [3.05, 3.63) is 40.8 Å². The first-order chi connectivity index (χ1) is 8.20. The molecule has 2 aromatic rings. The summed E-state index contributed by atoms with van der Waals surface area (Å²) in [7, 11) is 0. The number of halogens is 1. The summed E-state index contributed by atoms with van der Waals surface area (Å²) in [5, 5.41) is 8.59. The molecule has 5 nitrogen and oxygen atoms in total. The van der Waals surface area contributed by atoms with Gasteiger partial charge in [0.25, 0.3) is 0 Å². The Hall–Kier alpha value is -2.13. The van der Waals surface area contributed by atoms with E-state index in [1.807, 2.05) is 12.1 Å². The molecule has 0 aliphatic rings. The Kier molecular flexibility index (Phi) is 3.21. The van der Waals surface area contributed by atoms with Gasteiger partial charge in [0, 0.05) is 0 Å². The van der Waals surface area contributed by atoms with Crippen LogP contribution in [0.15, 0.2) is 35.1 Å². The molecular weight excluding hydrogens is 284 g/mol. The molecule has 0 amide bonds. The van der Waals surface area contributed by atoms with Crippen molar-refractivity contribution in [3.63, 3.8) is 0 Å². The molecule has 0 bridgehead atoms. The van der Waals surface area contributed by atoms with Crippen LogP contribution in [0.1, 0.15) is 5.69 Å². The largest absolute Gasteiger partial charge is 0.434 e. The minimum atomic E-state index is 0.234. The van der Waals surface area contributed by atoms with E-state index in [1.165, 1.54) is 12.4 Å². The van der Waals surface area contributed by atoms with Crippen molar-refractivity contribution in [1.29, 1.82) is 5.26 Å². The minimum Gasteiger partial charge on any atom is -0.434 e. The van der Waals surface area contributed by atoms with Gasteiger partial charge in [-0.2, -0.15) is 5.26 Å². The normalized spacial score (nSPS) is 9.65. The molecule has 0 aliphatic heterocycles. The summed E-state index contributed by atoms with van der Waals surface area (Å²) in [6, 6.07) is 7.21. The number of hydrogen-bond donors (Lipinski definition) is 1. The van der Waals surface area contributed by atoms with Gasteiger partial charge in [0.05, 0.1) is 22.6 Å². The van der Waals surface area contributed by atoms with E-state index in [1.54, 1.807) is 12.1 Å². The quantitative estimate of drug-likeness (QED) is 0.859. The summed E-state index contributed by atoms with van der Waals surface area (Å²) in [6.45, 7) is 0. The lowest BCUT2D eigenvalue weighted by atomic mass is 10.3. The van der Waals surface area contributed by atoms with Crippen molar-refractivity contribution < 1.29 is 4.74 Å². The van der Waals surface area contributed by atoms with Crippen LogP contribution in [0.4, 0.5) is 5.69 Å². The number of nitrogens with zero attached hydrogens (tertiary/aromatic N) is 3. The second kappa shape index (κ2) is 4.80. The number of para-hydroxylation sites is 1. The molecule has 0 saturated carbocycles. The molecule has 1 heterocycles. The van der Waals surface area contributed by atoms with E-state index in [0.717, 1.165) is 4.47 Å². The summed E-state index contributed by atoms with van der Waals surface area (Å²) in [5.74, 6) is 0.758. The van der Waals surface area contributed by atoms with E-state index in [-0.39, 0.29) is 11.6 Å². The number of benzene rings is 1. The topological polar surface area (TPSA) is 84.8 Å². The number of ether oxygens (including phenoxy) is 1. The Morgan fingerprint density at radius 1 is 1.29 bits per heavy atom. The first-order valence-electron chi connectivity index (χ1n) is 4.64. The first kappa shape index (κ1) is 11.4. The second-order valence-electron chi connectivity index (χ2n) is 3.11. The molecule has 1 aromatic heterocycles. The van der Waals surface area contributed by atoms with Crippen LogP contribution in [0.25, 0.3) is 0 Å². The first-order valence-corrected chi connectivity index (χ1v) is 5.44. The second-order valence-corrected chi connectivity index (χ2v) is 3.97. The molecule has 6 heteroatoms. The van der Waals surface area contributed by atoms with Gasteiger partial charge in [0.2, 0.25) is 5.88 Å². The zero-order valence-corrected chi connectivity index (χ0v) is 10.2. The van der Waals surface area contributed by atoms with Crippen molar-refractivity contribution in [2.24, 2.45) is 0 Å². The predicted molar refractivity (Wildman–Crippen MR) is 65.4 cm³/mol. The monoisotopic (exact) mass is 290 g/mol. The summed E-state index contributed by atoms with van der Waals surface area (Å²) >= 11 is 3.33. The Bertz CT molecular complexity index is 557. The maximum atomic E-state index is 8.59. The van der Waals surface area contributed by atoms with Gasteiger partial charge in [-0.15, -0.1) is 0 Å². The van der Waals surface area contributed by atoms with Crippen LogP contribution in [0.2, 0.25) is 0 Å². The Balaban J connectivity index is 2.29. The third-order valence-electron chi connectivity index (χ3n) is 1.95. The van der Waals surface area contributed by atoms with Gasteiger partial charge in [-0.3, -0.25) is 0 Å². The minimum absolute atomic E-state index is 0.234. The molecule has 2 rings (SSSR count). The number of nitrogens with two attached hydrogens (primary N) is 1. The highest BCUT2D eigenvalue weighted by atomic mass is 79.9.